The average Bonchev–Trinajstić information content (AvgIpc) is 2.78. The van der Waals surface area contributed by atoms with Crippen molar-refractivity contribution in [2.45, 2.75) is 12.5 Å². The van der Waals surface area contributed by atoms with Crippen molar-refractivity contribution >= 4 is 33.2 Å². The van der Waals surface area contributed by atoms with Crippen molar-refractivity contribution in [3.8, 4) is 5.75 Å². The minimum atomic E-state index is 0.170. The zero-order valence-corrected chi connectivity index (χ0v) is 12.5. The Morgan fingerprint density at radius 3 is 3.00 bits per heavy atom. The maximum absolute atomic E-state index is 5.95. The molecule has 1 heterocycles. The Bertz CT molecular complexity index is 602. The normalized spacial score (nSPS) is 16.8. The maximum Gasteiger partial charge on any atom is 0.123 e. The molecule has 0 aromatic heterocycles. The summed E-state index contributed by atoms with van der Waals surface area (Å²) in [6.45, 7) is 0.770. The number of fused-ring (bicyclic) bond motifs is 1. The van der Waals surface area contributed by atoms with Gasteiger partial charge >= 0.3 is 0 Å². The molecule has 2 aromatic rings. The summed E-state index contributed by atoms with van der Waals surface area (Å²) in [6.07, 6.45) is 1.10. The van der Waals surface area contributed by atoms with Gasteiger partial charge in [0.25, 0.3) is 0 Å². The fourth-order valence-electron chi connectivity index (χ4n) is 2.23. The van der Waals surface area contributed by atoms with Gasteiger partial charge in [-0.15, -0.1) is 0 Å². The van der Waals surface area contributed by atoms with Gasteiger partial charge in [0.1, 0.15) is 11.9 Å². The lowest BCUT2D eigenvalue weighted by Gasteiger charge is -2.13. The predicted molar refractivity (Wildman–Crippen MR) is 82.2 cm³/mol. The number of benzene rings is 2. The largest absolute Gasteiger partial charge is 0.488 e. The Balaban J connectivity index is 1.62. The summed E-state index contributed by atoms with van der Waals surface area (Å²) in [5.74, 6) is 0.987. The Labute approximate surface area is 125 Å². The second-order valence-electron chi connectivity index (χ2n) is 4.59. The van der Waals surface area contributed by atoms with Gasteiger partial charge in [-0.1, -0.05) is 33.6 Å². The fraction of sp³-hybridized carbons (Fsp3) is 0.200. The molecule has 19 heavy (non-hydrogen) atoms. The number of rotatable bonds is 3. The number of hydrogen-bond donors (Lipinski definition) is 1. The van der Waals surface area contributed by atoms with Gasteiger partial charge in [-0.25, -0.2) is 0 Å². The highest BCUT2D eigenvalue weighted by Gasteiger charge is 2.22. The molecular weight excluding hydrogens is 326 g/mol. The monoisotopic (exact) mass is 337 g/mol. The van der Waals surface area contributed by atoms with Gasteiger partial charge in [0.2, 0.25) is 0 Å². The predicted octanol–water partition coefficient (Wildman–Crippen LogP) is 4.52. The maximum atomic E-state index is 5.95. The van der Waals surface area contributed by atoms with E-state index in [2.05, 4.69) is 27.3 Å². The van der Waals surface area contributed by atoms with E-state index < -0.39 is 0 Å². The molecule has 0 spiro atoms. The van der Waals surface area contributed by atoms with Crippen LogP contribution in [0.1, 0.15) is 5.56 Å². The molecule has 1 aliphatic rings. The summed E-state index contributed by atoms with van der Waals surface area (Å²) < 4.78 is 6.99. The van der Waals surface area contributed by atoms with Crippen molar-refractivity contribution in [3.05, 3.63) is 57.5 Å². The van der Waals surface area contributed by atoms with Gasteiger partial charge in [0.05, 0.1) is 6.54 Å². The zero-order valence-electron chi connectivity index (χ0n) is 10.2. The van der Waals surface area contributed by atoms with Crippen molar-refractivity contribution in [3.63, 3.8) is 0 Å². The molecule has 1 aliphatic heterocycles. The van der Waals surface area contributed by atoms with Crippen molar-refractivity contribution in [1.82, 2.24) is 0 Å². The Morgan fingerprint density at radius 2 is 2.16 bits per heavy atom. The Kier molecular flexibility index (Phi) is 3.67. The van der Waals surface area contributed by atoms with Gasteiger partial charge in [-0.05, 0) is 42.0 Å². The van der Waals surface area contributed by atoms with Crippen molar-refractivity contribution in [2.75, 3.05) is 11.9 Å². The molecule has 1 N–H and O–H groups in total. The van der Waals surface area contributed by atoms with Crippen molar-refractivity contribution < 1.29 is 4.74 Å². The van der Waals surface area contributed by atoms with Crippen LogP contribution in [0.2, 0.25) is 5.02 Å². The number of anilines is 1. The second kappa shape index (κ2) is 5.43. The molecule has 0 radical (unpaired) electrons. The van der Waals surface area contributed by atoms with Crippen LogP contribution in [0.4, 0.5) is 5.69 Å². The van der Waals surface area contributed by atoms with Gasteiger partial charge in [0.15, 0.2) is 0 Å². The summed E-state index contributed by atoms with van der Waals surface area (Å²) in [4.78, 5) is 0. The first-order valence-electron chi connectivity index (χ1n) is 6.15. The third-order valence-corrected chi connectivity index (χ3v) is 3.85. The lowest BCUT2D eigenvalue weighted by molar-refractivity contribution is 0.246. The van der Waals surface area contributed by atoms with E-state index in [4.69, 9.17) is 16.3 Å². The third kappa shape index (κ3) is 3.04. The number of nitrogens with one attached hydrogen (secondary N) is 1. The van der Waals surface area contributed by atoms with E-state index in [-0.39, 0.29) is 6.10 Å². The topological polar surface area (TPSA) is 21.3 Å². The Morgan fingerprint density at radius 1 is 1.26 bits per heavy atom. The molecule has 0 saturated carbocycles. The highest BCUT2D eigenvalue weighted by molar-refractivity contribution is 9.10. The Hall–Kier alpha value is -1.19. The molecule has 2 nitrogen and oxygen atoms in total. The van der Waals surface area contributed by atoms with E-state index in [1.807, 2.05) is 36.4 Å². The van der Waals surface area contributed by atoms with Crippen LogP contribution < -0.4 is 10.1 Å². The van der Waals surface area contributed by atoms with Crippen LogP contribution in [0.25, 0.3) is 0 Å². The van der Waals surface area contributed by atoms with Gasteiger partial charge in [0, 0.05) is 21.6 Å². The van der Waals surface area contributed by atoms with Crippen LogP contribution in [0.3, 0.4) is 0 Å². The lowest BCUT2D eigenvalue weighted by atomic mass is 10.1. The molecule has 0 amide bonds. The molecule has 98 valence electrons. The SMILES string of the molecule is Clc1cccc(NCC2Cc3cc(Br)ccc3O2)c1. The van der Waals surface area contributed by atoms with Crippen molar-refractivity contribution in [2.24, 2.45) is 0 Å². The first-order chi connectivity index (χ1) is 9.20. The van der Waals surface area contributed by atoms with E-state index >= 15 is 0 Å². The fourth-order valence-corrected chi connectivity index (χ4v) is 2.83. The van der Waals surface area contributed by atoms with Crippen LogP contribution in [-0.4, -0.2) is 12.6 Å². The van der Waals surface area contributed by atoms with Crippen LogP contribution in [0.15, 0.2) is 46.9 Å². The lowest BCUT2D eigenvalue weighted by Crippen LogP contribution is -2.23. The third-order valence-electron chi connectivity index (χ3n) is 3.12. The van der Waals surface area contributed by atoms with Crippen LogP contribution in [0, 0.1) is 0 Å². The molecule has 0 saturated heterocycles. The first kappa shape index (κ1) is 12.8. The van der Waals surface area contributed by atoms with E-state index in [9.17, 15) is 0 Å². The molecule has 0 bridgehead atoms. The van der Waals surface area contributed by atoms with E-state index in [0.717, 1.165) is 33.9 Å². The molecule has 0 aliphatic carbocycles. The molecule has 0 fully saturated rings. The van der Waals surface area contributed by atoms with Crippen molar-refractivity contribution in [1.29, 1.82) is 0 Å². The average molecular weight is 339 g/mol. The standard InChI is InChI=1S/C15H13BrClNO/c16-11-4-5-15-10(6-11)7-14(19-15)9-18-13-3-1-2-12(17)8-13/h1-6,8,14,18H,7,9H2. The number of halogens is 2. The minimum Gasteiger partial charge on any atom is -0.488 e. The highest BCUT2D eigenvalue weighted by atomic mass is 79.9. The van der Waals surface area contributed by atoms with Crippen LogP contribution in [-0.2, 0) is 6.42 Å². The van der Waals surface area contributed by atoms with Gasteiger partial charge in [-0.2, -0.15) is 0 Å². The van der Waals surface area contributed by atoms with Gasteiger partial charge in [-0.3, -0.25) is 0 Å². The number of ether oxygens (including phenoxy) is 1. The zero-order chi connectivity index (χ0) is 13.2. The second-order valence-corrected chi connectivity index (χ2v) is 5.94. The van der Waals surface area contributed by atoms with Crippen LogP contribution >= 0.6 is 27.5 Å². The first-order valence-corrected chi connectivity index (χ1v) is 7.32. The summed E-state index contributed by atoms with van der Waals surface area (Å²) in [5.41, 5.74) is 2.28. The summed E-state index contributed by atoms with van der Waals surface area (Å²) >= 11 is 9.44. The highest BCUT2D eigenvalue weighted by Crippen LogP contribution is 2.31. The summed E-state index contributed by atoms with van der Waals surface area (Å²) in [5, 5.41) is 4.10. The molecule has 1 atom stereocenters. The van der Waals surface area contributed by atoms with Crippen LogP contribution in [0.5, 0.6) is 5.75 Å². The van der Waals surface area contributed by atoms with E-state index in [1.165, 1.54) is 5.56 Å². The number of hydrogen-bond acceptors (Lipinski definition) is 2. The molecule has 1 unspecified atom stereocenters. The van der Waals surface area contributed by atoms with E-state index in [1.54, 1.807) is 0 Å². The minimum absolute atomic E-state index is 0.170. The molecule has 3 rings (SSSR count). The smallest absolute Gasteiger partial charge is 0.123 e. The quantitative estimate of drug-likeness (QED) is 0.888. The molecule has 2 aromatic carbocycles. The summed E-state index contributed by atoms with van der Waals surface area (Å²) in [6, 6.07) is 13.9. The molecular formula is C15H13BrClNO. The van der Waals surface area contributed by atoms with Gasteiger partial charge < -0.3 is 10.1 Å². The molecule has 4 heteroatoms. The van der Waals surface area contributed by atoms with E-state index in [0.29, 0.717) is 0 Å². The summed E-state index contributed by atoms with van der Waals surface area (Å²) in [7, 11) is 0.